The average molecular weight is 323 g/mol. The largest absolute Gasteiger partial charge is 0.491 e. The smallest absolute Gasteiger partial charge is 0.407 e. The predicted octanol–water partition coefficient (Wildman–Crippen LogP) is 1.88. The second-order valence-corrected chi connectivity index (χ2v) is 5.92. The van der Waals surface area contributed by atoms with Crippen LogP contribution in [0.4, 0.5) is 10.5 Å². The van der Waals surface area contributed by atoms with Crippen LogP contribution < -0.4 is 21.1 Å². The highest BCUT2D eigenvalue weighted by molar-refractivity contribution is 5.73. The van der Waals surface area contributed by atoms with Crippen molar-refractivity contribution in [1.82, 2.24) is 5.32 Å². The highest BCUT2D eigenvalue weighted by Crippen LogP contribution is 2.23. The van der Waals surface area contributed by atoms with Crippen LogP contribution in [0.15, 0.2) is 24.3 Å². The van der Waals surface area contributed by atoms with E-state index in [0.717, 1.165) is 5.69 Å². The number of anilines is 1. The van der Waals surface area contributed by atoms with Gasteiger partial charge in [-0.05, 0) is 32.9 Å². The summed E-state index contributed by atoms with van der Waals surface area (Å²) in [5.41, 5.74) is 5.34. The van der Waals surface area contributed by atoms with Crippen molar-refractivity contribution in [2.45, 2.75) is 32.8 Å². The Labute approximate surface area is 136 Å². The Morgan fingerprint density at radius 1 is 1.17 bits per heavy atom. The number of hydrogen-bond acceptors (Lipinski definition) is 5. The summed E-state index contributed by atoms with van der Waals surface area (Å²) in [6.45, 7) is 6.57. The third-order valence-corrected chi connectivity index (χ3v) is 2.60. The van der Waals surface area contributed by atoms with Crippen LogP contribution in [0.1, 0.15) is 27.2 Å². The maximum atomic E-state index is 11.5. The lowest BCUT2D eigenvalue weighted by molar-refractivity contribution is -0.118. The molecule has 128 valence electrons. The molecule has 1 aromatic rings. The van der Waals surface area contributed by atoms with Gasteiger partial charge in [-0.15, -0.1) is 0 Å². The first kappa shape index (κ1) is 18.6. The van der Waals surface area contributed by atoms with E-state index in [1.54, 1.807) is 6.07 Å². The van der Waals surface area contributed by atoms with E-state index in [4.69, 9.17) is 15.2 Å². The van der Waals surface area contributed by atoms with Gasteiger partial charge in [-0.25, -0.2) is 4.79 Å². The maximum absolute atomic E-state index is 11.5. The van der Waals surface area contributed by atoms with E-state index in [2.05, 4.69) is 10.6 Å². The van der Waals surface area contributed by atoms with Crippen LogP contribution >= 0.6 is 0 Å². The van der Waals surface area contributed by atoms with Gasteiger partial charge in [-0.1, -0.05) is 12.1 Å². The summed E-state index contributed by atoms with van der Waals surface area (Å²) in [6, 6.07) is 7.35. The summed E-state index contributed by atoms with van der Waals surface area (Å²) in [5, 5.41) is 5.82. The quantitative estimate of drug-likeness (QED) is 0.634. The van der Waals surface area contributed by atoms with E-state index in [1.165, 1.54) is 0 Å². The third kappa shape index (κ3) is 8.55. The van der Waals surface area contributed by atoms with E-state index in [0.29, 0.717) is 18.8 Å². The molecule has 0 aromatic heterocycles. The molecule has 4 N–H and O–H groups in total. The zero-order chi connectivity index (χ0) is 17.3. The molecule has 0 saturated heterocycles. The molecule has 0 aliphatic rings. The van der Waals surface area contributed by atoms with Gasteiger partial charge in [-0.3, -0.25) is 4.79 Å². The van der Waals surface area contributed by atoms with Crippen LogP contribution in [0.2, 0.25) is 0 Å². The van der Waals surface area contributed by atoms with E-state index in [9.17, 15) is 9.59 Å². The maximum Gasteiger partial charge on any atom is 0.407 e. The van der Waals surface area contributed by atoms with Crippen molar-refractivity contribution in [3.63, 3.8) is 0 Å². The molecule has 0 aliphatic carbocycles. The fourth-order valence-corrected chi connectivity index (χ4v) is 1.68. The second kappa shape index (κ2) is 8.87. The number of amides is 2. The predicted molar refractivity (Wildman–Crippen MR) is 88.5 cm³/mol. The lowest BCUT2D eigenvalue weighted by atomic mass is 10.2. The van der Waals surface area contributed by atoms with Crippen molar-refractivity contribution in [1.29, 1.82) is 0 Å². The molecular formula is C16H25N3O4. The molecular weight excluding hydrogens is 298 g/mol. The zero-order valence-corrected chi connectivity index (χ0v) is 13.8. The third-order valence-electron chi connectivity index (χ3n) is 2.60. The van der Waals surface area contributed by atoms with Crippen LogP contribution in [0.25, 0.3) is 0 Å². The molecule has 1 rings (SSSR count). The molecule has 0 aliphatic heterocycles. The standard InChI is InChI=1S/C16H25N3O4/c1-16(2,3)23-15(21)19-10-9-18-12-6-4-5-7-13(12)22-11-8-14(17)20/h4-7,18H,8-11H2,1-3H3,(H2,17,20)(H,19,21). The van der Waals surface area contributed by atoms with Gasteiger partial charge in [0, 0.05) is 13.1 Å². The molecule has 0 spiro atoms. The molecule has 7 heteroatoms. The van der Waals surface area contributed by atoms with Gasteiger partial charge in [0.25, 0.3) is 0 Å². The highest BCUT2D eigenvalue weighted by Gasteiger charge is 2.15. The summed E-state index contributed by atoms with van der Waals surface area (Å²) >= 11 is 0. The van der Waals surface area contributed by atoms with Gasteiger partial charge in [-0.2, -0.15) is 0 Å². The molecule has 0 radical (unpaired) electrons. The molecule has 7 nitrogen and oxygen atoms in total. The minimum absolute atomic E-state index is 0.161. The fourth-order valence-electron chi connectivity index (χ4n) is 1.68. The molecule has 2 amide bonds. The van der Waals surface area contributed by atoms with E-state index < -0.39 is 17.6 Å². The summed E-state index contributed by atoms with van der Waals surface area (Å²) in [4.78, 5) is 22.2. The number of ether oxygens (including phenoxy) is 2. The first-order valence-electron chi connectivity index (χ1n) is 7.49. The minimum Gasteiger partial charge on any atom is -0.491 e. The molecule has 1 aromatic carbocycles. The van der Waals surface area contributed by atoms with Gasteiger partial charge in [0.2, 0.25) is 5.91 Å². The lowest BCUT2D eigenvalue weighted by Gasteiger charge is -2.20. The SMILES string of the molecule is CC(C)(C)OC(=O)NCCNc1ccccc1OCCC(N)=O. The van der Waals surface area contributed by atoms with Crippen LogP contribution in [-0.2, 0) is 9.53 Å². The van der Waals surface area contributed by atoms with E-state index in [-0.39, 0.29) is 13.0 Å². The number of carbonyl (C=O) groups is 2. The number of primary amides is 1. The Bertz CT molecular complexity index is 526. The van der Waals surface area contributed by atoms with E-state index >= 15 is 0 Å². The van der Waals surface area contributed by atoms with Crippen molar-refractivity contribution in [3.05, 3.63) is 24.3 Å². The number of benzene rings is 1. The van der Waals surface area contributed by atoms with Crippen LogP contribution in [0, 0.1) is 0 Å². The van der Waals surface area contributed by atoms with Crippen molar-refractivity contribution in [2.24, 2.45) is 5.73 Å². The second-order valence-electron chi connectivity index (χ2n) is 5.92. The first-order chi connectivity index (χ1) is 10.8. The minimum atomic E-state index is -0.515. The highest BCUT2D eigenvalue weighted by atomic mass is 16.6. The first-order valence-corrected chi connectivity index (χ1v) is 7.49. The van der Waals surface area contributed by atoms with E-state index in [1.807, 2.05) is 39.0 Å². The van der Waals surface area contributed by atoms with Crippen LogP contribution in [0.5, 0.6) is 5.75 Å². The summed E-state index contributed by atoms with van der Waals surface area (Å²) in [5.74, 6) is 0.225. The van der Waals surface area contributed by atoms with Crippen LogP contribution in [0.3, 0.4) is 0 Å². The summed E-state index contributed by atoms with van der Waals surface area (Å²) in [6.07, 6.45) is -0.292. The van der Waals surface area contributed by atoms with Crippen LogP contribution in [-0.4, -0.2) is 37.3 Å². The Morgan fingerprint density at radius 3 is 2.52 bits per heavy atom. The number of carbonyl (C=O) groups excluding carboxylic acids is 2. The molecule has 0 bridgehead atoms. The summed E-state index contributed by atoms with van der Waals surface area (Å²) in [7, 11) is 0. The van der Waals surface area contributed by atoms with Gasteiger partial charge in [0.05, 0.1) is 18.7 Å². The normalized spacial score (nSPS) is 10.7. The average Bonchev–Trinajstić information content (AvgIpc) is 2.42. The molecule has 0 fully saturated rings. The Balaban J connectivity index is 2.37. The molecule has 0 atom stereocenters. The van der Waals surface area contributed by atoms with Crippen molar-refractivity contribution in [3.8, 4) is 5.75 Å². The van der Waals surface area contributed by atoms with Crippen molar-refractivity contribution in [2.75, 3.05) is 25.0 Å². The Kier molecular flexibility index (Phi) is 7.18. The monoisotopic (exact) mass is 323 g/mol. The van der Waals surface area contributed by atoms with Crippen molar-refractivity contribution >= 4 is 17.7 Å². The van der Waals surface area contributed by atoms with Gasteiger partial charge >= 0.3 is 6.09 Å². The topological polar surface area (TPSA) is 103 Å². The van der Waals surface area contributed by atoms with Gasteiger partial charge in [0.1, 0.15) is 11.4 Å². The summed E-state index contributed by atoms with van der Waals surface area (Å²) < 4.78 is 10.7. The lowest BCUT2D eigenvalue weighted by Crippen LogP contribution is -2.35. The molecule has 0 heterocycles. The Morgan fingerprint density at radius 2 is 1.87 bits per heavy atom. The number of rotatable bonds is 8. The number of hydrogen-bond donors (Lipinski definition) is 3. The molecule has 0 saturated carbocycles. The molecule has 0 unspecified atom stereocenters. The van der Waals surface area contributed by atoms with Gasteiger partial charge in [0.15, 0.2) is 0 Å². The number of nitrogens with two attached hydrogens (primary N) is 1. The molecule has 23 heavy (non-hydrogen) atoms. The zero-order valence-electron chi connectivity index (χ0n) is 13.8. The van der Waals surface area contributed by atoms with Gasteiger partial charge < -0.3 is 25.8 Å². The fraction of sp³-hybridized carbons (Fsp3) is 0.500. The number of alkyl carbamates (subject to hydrolysis) is 1. The Hall–Kier alpha value is -2.44. The number of para-hydroxylation sites is 2. The van der Waals surface area contributed by atoms with Crippen molar-refractivity contribution < 1.29 is 19.1 Å². The number of nitrogens with one attached hydrogen (secondary N) is 2.